The maximum Gasteiger partial charge on any atom is 0.207 e. The van der Waals surface area contributed by atoms with Crippen molar-refractivity contribution in [2.24, 2.45) is 0 Å². The summed E-state index contributed by atoms with van der Waals surface area (Å²) in [4.78, 5) is 14.2. The van der Waals surface area contributed by atoms with Crippen LogP contribution in [0.2, 0.25) is 0 Å². The summed E-state index contributed by atoms with van der Waals surface area (Å²) in [7, 11) is 0. The van der Waals surface area contributed by atoms with E-state index in [0.29, 0.717) is 45.1 Å². The molecule has 0 unspecified atom stereocenters. The van der Waals surface area contributed by atoms with Gasteiger partial charge in [-0.25, -0.2) is 14.4 Å². The lowest BCUT2D eigenvalue weighted by atomic mass is 9.95. The molecular formula is C32H28FN7O. The van der Waals surface area contributed by atoms with Crippen LogP contribution in [0.25, 0.3) is 33.1 Å². The number of aromatic nitrogens is 4. The summed E-state index contributed by atoms with van der Waals surface area (Å²) >= 11 is 0. The van der Waals surface area contributed by atoms with Crippen LogP contribution < -0.4 is 10.2 Å². The molecule has 0 spiro atoms. The van der Waals surface area contributed by atoms with Gasteiger partial charge in [-0.2, -0.15) is 0 Å². The maximum atomic E-state index is 16.6. The number of hydrogen-bond acceptors (Lipinski definition) is 8. The SMILES string of the molecule is C#Cc1cccc2cc(O)cc(-c3nnc4c(N5C[C@H]6C[C@@H]5CN6)nc(C#CC56CCCN5CCC6)nc4c3F)c12. The first-order valence-corrected chi connectivity index (χ1v) is 14.3. The fourth-order valence-electron chi connectivity index (χ4n) is 7.39. The zero-order chi connectivity index (χ0) is 27.7. The molecule has 4 aliphatic heterocycles. The number of rotatable bonds is 2. The number of phenols is 1. The van der Waals surface area contributed by atoms with Crippen molar-refractivity contribution < 1.29 is 9.50 Å². The van der Waals surface area contributed by atoms with E-state index in [1.807, 2.05) is 12.1 Å². The number of phenolic OH excluding ortho intramolecular Hbond substituents is 1. The number of aromatic hydroxyl groups is 1. The van der Waals surface area contributed by atoms with E-state index in [2.05, 4.69) is 48.1 Å². The number of nitrogens with one attached hydrogen (secondary N) is 1. The highest BCUT2D eigenvalue weighted by Crippen LogP contribution is 2.40. The second kappa shape index (κ2) is 9.10. The van der Waals surface area contributed by atoms with Crippen LogP contribution >= 0.6 is 0 Å². The first-order chi connectivity index (χ1) is 20.0. The van der Waals surface area contributed by atoms with E-state index in [-0.39, 0.29) is 28.5 Å². The maximum absolute atomic E-state index is 16.6. The van der Waals surface area contributed by atoms with Gasteiger partial charge >= 0.3 is 0 Å². The molecule has 2 N–H and O–H groups in total. The number of halogens is 1. The van der Waals surface area contributed by atoms with Gasteiger partial charge in [-0.1, -0.05) is 24.0 Å². The number of nitrogens with zero attached hydrogens (tertiary/aromatic N) is 6. The molecule has 204 valence electrons. The number of benzene rings is 2. The molecule has 9 heteroatoms. The molecule has 4 saturated heterocycles. The third-order valence-corrected chi connectivity index (χ3v) is 9.28. The number of piperazine rings is 1. The second-order valence-electron chi connectivity index (χ2n) is 11.6. The molecule has 2 aromatic carbocycles. The Morgan fingerprint density at radius 2 is 1.95 bits per heavy atom. The molecule has 41 heavy (non-hydrogen) atoms. The zero-order valence-electron chi connectivity index (χ0n) is 22.5. The average Bonchev–Trinajstić information content (AvgIpc) is 3.77. The molecule has 0 aliphatic carbocycles. The Balaban J connectivity index is 1.34. The molecule has 4 fully saturated rings. The zero-order valence-corrected chi connectivity index (χ0v) is 22.5. The van der Waals surface area contributed by atoms with E-state index in [1.54, 1.807) is 12.1 Å². The Morgan fingerprint density at radius 3 is 2.71 bits per heavy atom. The molecule has 8 rings (SSSR count). The average molecular weight is 546 g/mol. The van der Waals surface area contributed by atoms with Crippen molar-refractivity contribution in [3.63, 3.8) is 0 Å². The minimum Gasteiger partial charge on any atom is -0.508 e. The van der Waals surface area contributed by atoms with Gasteiger partial charge in [-0.15, -0.1) is 16.6 Å². The van der Waals surface area contributed by atoms with Crippen LogP contribution in [-0.4, -0.2) is 74.0 Å². The van der Waals surface area contributed by atoms with Crippen LogP contribution in [0.5, 0.6) is 5.75 Å². The van der Waals surface area contributed by atoms with E-state index in [9.17, 15) is 5.11 Å². The Morgan fingerprint density at radius 1 is 1.10 bits per heavy atom. The van der Waals surface area contributed by atoms with Gasteiger partial charge in [-0.3, -0.25) is 4.90 Å². The molecule has 8 nitrogen and oxygen atoms in total. The molecule has 2 atom stereocenters. The van der Waals surface area contributed by atoms with Crippen LogP contribution in [0.15, 0.2) is 30.3 Å². The van der Waals surface area contributed by atoms with E-state index in [0.717, 1.165) is 58.3 Å². The number of terminal acetylenes is 1. The standard InChI is InChI=1S/C32H28FN7O/c1-2-19-6-3-7-20-14-23(41)16-24(26(19)20)28-27(33)29-30(38-37-28)31(40-18-21-15-22(40)17-34-21)36-25(35-29)8-11-32-9-4-12-39(32)13-5-10-32/h1,3,6-7,14,16,21-22,34,41H,4-5,9-10,12-13,15,17-18H2/t21-,22-/m1/s1. The van der Waals surface area contributed by atoms with Gasteiger partial charge < -0.3 is 15.3 Å². The predicted octanol–water partition coefficient (Wildman–Crippen LogP) is 3.60. The Hall–Kier alpha value is -4.31. The van der Waals surface area contributed by atoms with Crippen molar-refractivity contribution in [1.82, 2.24) is 30.4 Å². The molecule has 2 bridgehead atoms. The van der Waals surface area contributed by atoms with Crippen LogP contribution in [0.4, 0.5) is 10.2 Å². The molecular weight excluding hydrogens is 517 g/mol. The van der Waals surface area contributed by atoms with E-state index in [4.69, 9.17) is 11.4 Å². The Kier molecular flexibility index (Phi) is 5.44. The second-order valence-corrected chi connectivity index (χ2v) is 11.6. The van der Waals surface area contributed by atoms with Gasteiger partial charge in [0.15, 0.2) is 17.2 Å². The minimum atomic E-state index is -0.635. The summed E-state index contributed by atoms with van der Waals surface area (Å²) in [6.07, 6.45) is 11.1. The molecule has 6 heterocycles. The van der Waals surface area contributed by atoms with Crippen LogP contribution in [0.1, 0.15) is 43.5 Å². The molecule has 0 saturated carbocycles. The summed E-state index contributed by atoms with van der Waals surface area (Å²) in [6, 6.07) is 9.10. The van der Waals surface area contributed by atoms with Gasteiger partial charge in [0.25, 0.3) is 0 Å². The fraction of sp³-hybridized carbons (Fsp3) is 0.375. The van der Waals surface area contributed by atoms with Crippen molar-refractivity contribution in [3.8, 4) is 41.2 Å². The van der Waals surface area contributed by atoms with Crippen LogP contribution in [-0.2, 0) is 0 Å². The van der Waals surface area contributed by atoms with Gasteiger partial charge in [0.1, 0.15) is 17.0 Å². The minimum absolute atomic E-state index is 0.0181. The molecule has 4 aliphatic rings. The van der Waals surface area contributed by atoms with E-state index >= 15 is 4.39 Å². The predicted molar refractivity (Wildman–Crippen MR) is 155 cm³/mol. The van der Waals surface area contributed by atoms with Gasteiger partial charge in [0.2, 0.25) is 5.82 Å². The van der Waals surface area contributed by atoms with Crippen molar-refractivity contribution >= 4 is 27.6 Å². The van der Waals surface area contributed by atoms with E-state index < -0.39 is 5.82 Å². The van der Waals surface area contributed by atoms with Crippen molar-refractivity contribution in [2.75, 3.05) is 31.1 Å². The van der Waals surface area contributed by atoms with E-state index in [1.165, 1.54) is 6.07 Å². The highest BCUT2D eigenvalue weighted by molar-refractivity contribution is 6.02. The first-order valence-electron chi connectivity index (χ1n) is 14.3. The topological polar surface area (TPSA) is 90.3 Å². The van der Waals surface area contributed by atoms with Crippen LogP contribution in [0, 0.1) is 30.0 Å². The number of fused-ring (bicyclic) bond motifs is 5. The third-order valence-electron chi connectivity index (χ3n) is 9.28. The lowest BCUT2D eigenvalue weighted by Gasteiger charge is -2.29. The summed E-state index contributed by atoms with van der Waals surface area (Å²) in [6.45, 7) is 3.73. The Labute approximate surface area is 237 Å². The summed E-state index contributed by atoms with van der Waals surface area (Å²) in [5, 5.41) is 24.2. The monoisotopic (exact) mass is 545 g/mol. The van der Waals surface area contributed by atoms with Crippen molar-refractivity contribution in [3.05, 3.63) is 47.5 Å². The molecule has 0 amide bonds. The normalized spacial score (nSPS) is 22.7. The van der Waals surface area contributed by atoms with Crippen molar-refractivity contribution in [1.29, 1.82) is 0 Å². The molecule has 2 aromatic heterocycles. The number of hydrogen-bond donors (Lipinski definition) is 2. The largest absolute Gasteiger partial charge is 0.508 e. The summed E-state index contributed by atoms with van der Waals surface area (Å²) < 4.78 is 16.6. The highest BCUT2D eigenvalue weighted by atomic mass is 19.1. The Bertz CT molecular complexity index is 1840. The summed E-state index contributed by atoms with van der Waals surface area (Å²) in [5.41, 5.74) is 1.16. The lowest BCUT2D eigenvalue weighted by Crippen LogP contribution is -2.44. The van der Waals surface area contributed by atoms with Gasteiger partial charge in [-0.05, 0) is 74.7 Å². The smallest absolute Gasteiger partial charge is 0.207 e. The quantitative estimate of drug-likeness (QED) is 0.370. The van der Waals surface area contributed by atoms with Gasteiger partial charge in [0.05, 0.1) is 5.54 Å². The molecule has 0 radical (unpaired) electrons. The van der Waals surface area contributed by atoms with Gasteiger partial charge in [0, 0.05) is 41.7 Å². The third kappa shape index (κ3) is 3.77. The molecule has 4 aromatic rings. The lowest BCUT2D eigenvalue weighted by molar-refractivity contribution is 0.261. The van der Waals surface area contributed by atoms with Crippen LogP contribution in [0.3, 0.4) is 0 Å². The fourth-order valence-corrected chi connectivity index (χ4v) is 7.39. The number of anilines is 1. The summed E-state index contributed by atoms with van der Waals surface area (Å²) in [5.74, 6) is 9.65. The highest BCUT2D eigenvalue weighted by Gasteiger charge is 2.43. The first kappa shape index (κ1) is 24.5. The van der Waals surface area contributed by atoms with Crippen molar-refractivity contribution in [2.45, 2.75) is 49.7 Å².